The number of halogens is 1. The number of nitrogens with one attached hydrogen (secondary N) is 2. The lowest BCUT2D eigenvalue weighted by atomic mass is 10.1. The van der Waals surface area contributed by atoms with Crippen LogP contribution in [0, 0.1) is 0 Å². The number of esters is 1. The molecule has 7 nitrogen and oxygen atoms in total. The number of guanidine groups is 1. The Morgan fingerprint density at radius 2 is 1.90 bits per heavy atom. The van der Waals surface area contributed by atoms with Gasteiger partial charge in [-0.15, -0.1) is 24.0 Å². The fraction of sp³-hybridized carbons (Fsp3) is 0.304. The van der Waals surface area contributed by atoms with Crippen LogP contribution in [0.5, 0.6) is 11.5 Å². The SMILES string of the molecule is C=CCOc1ccccc1CNC(=NCc1ccc(OC)c(C(=O)OC)c1)NCC.I. The van der Waals surface area contributed by atoms with Gasteiger partial charge in [0.25, 0.3) is 0 Å². The van der Waals surface area contributed by atoms with Gasteiger partial charge < -0.3 is 24.8 Å². The van der Waals surface area contributed by atoms with Crippen molar-refractivity contribution in [3.8, 4) is 11.5 Å². The van der Waals surface area contributed by atoms with Gasteiger partial charge in [0.2, 0.25) is 0 Å². The topological polar surface area (TPSA) is 81.2 Å². The summed E-state index contributed by atoms with van der Waals surface area (Å²) in [7, 11) is 2.86. The zero-order valence-corrected chi connectivity index (χ0v) is 20.5. The number of nitrogens with zero attached hydrogens (tertiary/aromatic N) is 1. The van der Waals surface area contributed by atoms with Crippen molar-refractivity contribution in [2.45, 2.75) is 20.0 Å². The second-order valence-corrected chi connectivity index (χ2v) is 6.28. The Morgan fingerprint density at radius 3 is 2.58 bits per heavy atom. The van der Waals surface area contributed by atoms with Crippen LogP contribution in [0.4, 0.5) is 0 Å². The Bertz CT molecular complexity index is 887. The average Bonchev–Trinajstić information content (AvgIpc) is 2.79. The van der Waals surface area contributed by atoms with E-state index < -0.39 is 5.97 Å². The van der Waals surface area contributed by atoms with E-state index in [1.54, 1.807) is 18.2 Å². The van der Waals surface area contributed by atoms with Gasteiger partial charge in [-0.05, 0) is 30.7 Å². The van der Waals surface area contributed by atoms with Gasteiger partial charge in [0.1, 0.15) is 23.7 Å². The van der Waals surface area contributed by atoms with Crippen LogP contribution in [0.2, 0.25) is 0 Å². The van der Waals surface area contributed by atoms with Crippen LogP contribution >= 0.6 is 24.0 Å². The summed E-state index contributed by atoms with van der Waals surface area (Å²) in [6.45, 7) is 7.79. The first kappa shape index (κ1) is 26.3. The van der Waals surface area contributed by atoms with Crippen molar-refractivity contribution >= 4 is 35.9 Å². The van der Waals surface area contributed by atoms with Gasteiger partial charge in [0, 0.05) is 18.7 Å². The van der Waals surface area contributed by atoms with Crippen LogP contribution in [0.1, 0.15) is 28.4 Å². The van der Waals surface area contributed by atoms with E-state index in [2.05, 4.69) is 22.2 Å². The van der Waals surface area contributed by atoms with E-state index in [0.717, 1.165) is 23.4 Å². The zero-order chi connectivity index (χ0) is 21.8. The molecule has 0 aliphatic rings. The maximum Gasteiger partial charge on any atom is 0.341 e. The molecule has 2 N–H and O–H groups in total. The lowest BCUT2D eigenvalue weighted by molar-refractivity contribution is 0.0597. The molecule has 0 atom stereocenters. The van der Waals surface area contributed by atoms with Gasteiger partial charge in [-0.1, -0.05) is 36.9 Å². The summed E-state index contributed by atoms with van der Waals surface area (Å²) in [6, 6.07) is 13.2. The summed E-state index contributed by atoms with van der Waals surface area (Å²) in [6.07, 6.45) is 1.72. The molecule has 0 unspecified atom stereocenters. The predicted octanol–water partition coefficient (Wildman–Crippen LogP) is 3.92. The molecule has 0 amide bonds. The third kappa shape index (κ3) is 8.12. The Kier molecular flexibility index (Phi) is 12.1. The smallest absolute Gasteiger partial charge is 0.341 e. The number of hydrogen-bond acceptors (Lipinski definition) is 5. The number of methoxy groups -OCH3 is 2. The molecule has 0 aromatic heterocycles. The van der Waals surface area contributed by atoms with Crippen molar-refractivity contribution in [3.05, 3.63) is 71.8 Å². The Hall–Kier alpha value is -2.75. The summed E-state index contributed by atoms with van der Waals surface area (Å²) in [5, 5.41) is 6.53. The number of hydrogen-bond donors (Lipinski definition) is 2. The van der Waals surface area contributed by atoms with Gasteiger partial charge in [-0.3, -0.25) is 0 Å². The van der Waals surface area contributed by atoms with Crippen LogP contribution in [-0.2, 0) is 17.8 Å². The van der Waals surface area contributed by atoms with E-state index in [1.165, 1.54) is 14.2 Å². The molecular formula is C23H30IN3O4. The van der Waals surface area contributed by atoms with Crippen LogP contribution < -0.4 is 20.1 Å². The first-order valence-corrected chi connectivity index (χ1v) is 9.71. The highest BCUT2D eigenvalue weighted by molar-refractivity contribution is 14.0. The Balaban J connectivity index is 0.00000480. The van der Waals surface area contributed by atoms with E-state index in [1.807, 2.05) is 37.3 Å². The fourth-order valence-corrected chi connectivity index (χ4v) is 2.75. The molecule has 0 fully saturated rings. The summed E-state index contributed by atoms with van der Waals surface area (Å²) in [4.78, 5) is 16.6. The van der Waals surface area contributed by atoms with Gasteiger partial charge in [-0.2, -0.15) is 0 Å². The van der Waals surface area contributed by atoms with Crippen LogP contribution in [0.25, 0.3) is 0 Å². The lowest BCUT2D eigenvalue weighted by Crippen LogP contribution is -2.36. The summed E-state index contributed by atoms with van der Waals surface area (Å²) < 4.78 is 15.8. The van der Waals surface area contributed by atoms with Gasteiger partial charge in [0.15, 0.2) is 5.96 Å². The van der Waals surface area contributed by atoms with Crippen LogP contribution in [-0.4, -0.2) is 39.3 Å². The molecule has 0 aliphatic heterocycles. The standard InChI is InChI=1S/C23H29N3O4.HI/c1-5-13-30-20-10-8-7-9-18(20)16-26-23(24-6-2)25-15-17-11-12-21(28-3)19(14-17)22(27)29-4;/h5,7-12,14H,1,6,13,15-16H2,2-4H3,(H2,24,25,26);1H. The van der Waals surface area contributed by atoms with Gasteiger partial charge in [0.05, 0.1) is 20.8 Å². The monoisotopic (exact) mass is 539 g/mol. The molecule has 0 aliphatic carbocycles. The predicted molar refractivity (Wildman–Crippen MR) is 134 cm³/mol. The maximum atomic E-state index is 12.0. The quantitative estimate of drug-likeness (QED) is 0.157. The average molecular weight is 539 g/mol. The van der Waals surface area contributed by atoms with Crippen molar-refractivity contribution in [3.63, 3.8) is 0 Å². The van der Waals surface area contributed by atoms with Crippen LogP contribution in [0.3, 0.4) is 0 Å². The van der Waals surface area contributed by atoms with Crippen molar-refractivity contribution < 1.29 is 19.0 Å². The zero-order valence-electron chi connectivity index (χ0n) is 18.1. The second kappa shape index (κ2) is 14.3. The van der Waals surface area contributed by atoms with E-state index >= 15 is 0 Å². The summed E-state index contributed by atoms with van der Waals surface area (Å²) in [5.74, 6) is 1.49. The van der Waals surface area contributed by atoms with E-state index in [4.69, 9.17) is 14.2 Å². The number of carbonyl (C=O) groups excluding carboxylic acids is 1. The largest absolute Gasteiger partial charge is 0.496 e. The number of para-hydroxylation sites is 1. The number of rotatable bonds is 10. The van der Waals surface area contributed by atoms with E-state index in [0.29, 0.717) is 37.0 Å². The number of benzene rings is 2. The highest BCUT2D eigenvalue weighted by Gasteiger charge is 2.13. The molecule has 0 saturated heterocycles. The molecule has 2 aromatic rings. The first-order valence-electron chi connectivity index (χ1n) is 9.71. The Labute approximate surface area is 200 Å². The molecule has 0 saturated carbocycles. The maximum absolute atomic E-state index is 12.0. The molecule has 0 radical (unpaired) electrons. The number of ether oxygens (including phenoxy) is 3. The van der Waals surface area contributed by atoms with Crippen molar-refractivity contribution in [1.29, 1.82) is 0 Å². The highest BCUT2D eigenvalue weighted by Crippen LogP contribution is 2.21. The molecule has 2 aromatic carbocycles. The van der Waals surface area contributed by atoms with Gasteiger partial charge >= 0.3 is 5.97 Å². The molecule has 0 heterocycles. The molecule has 2 rings (SSSR count). The second-order valence-electron chi connectivity index (χ2n) is 6.28. The minimum Gasteiger partial charge on any atom is -0.496 e. The minimum atomic E-state index is -0.446. The third-order valence-electron chi connectivity index (χ3n) is 4.21. The van der Waals surface area contributed by atoms with Crippen molar-refractivity contribution in [1.82, 2.24) is 10.6 Å². The van der Waals surface area contributed by atoms with E-state index in [9.17, 15) is 4.79 Å². The Morgan fingerprint density at radius 1 is 1.13 bits per heavy atom. The van der Waals surface area contributed by atoms with E-state index in [-0.39, 0.29) is 24.0 Å². The summed E-state index contributed by atoms with van der Waals surface area (Å²) >= 11 is 0. The molecule has 168 valence electrons. The lowest BCUT2D eigenvalue weighted by Gasteiger charge is -2.14. The number of carbonyl (C=O) groups is 1. The van der Waals surface area contributed by atoms with Crippen molar-refractivity contribution in [2.24, 2.45) is 4.99 Å². The fourth-order valence-electron chi connectivity index (χ4n) is 2.75. The molecule has 0 spiro atoms. The molecule has 31 heavy (non-hydrogen) atoms. The third-order valence-corrected chi connectivity index (χ3v) is 4.21. The first-order chi connectivity index (χ1) is 14.6. The van der Waals surface area contributed by atoms with Crippen LogP contribution in [0.15, 0.2) is 60.1 Å². The minimum absolute atomic E-state index is 0. The highest BCUT2D eigenvalue weighted by atomic mass is 127. The number of aliphatic imine (C=N–C) groups is 1. The normalized spacial score (nSPS) is 10.5. The van der Waals surface area contributed by atoms with Crippen molar-refractivity contribution in [2.75, 3.05) is 27.4 Å². The van der Waals surface area contributed by atoms with Gasteiger partial charge in [-0.25, -0.2) is 9.79 Å². The molecular weight excluding hydrogens is 509 g/mol. The molecule has 8 heteroatoms. The summed E-state index contributed by atoms with van der Waals surface area (Å²) in [5.41, 5.74) is 2.25. The molecule has 0 bridgehead atoms.